The maximum Gasteiger partial charge on any atom is 0.325 e. The van der Waals surface area contributed by atoms with Crippen LogP contribution in [0.4, 0.5) is 0 Å². The fourth-order valence-electron chi connectivity index (χ4n) is 2.68. The van der Waals surface area contributed by atoms with Gasteiger partial charge in [-0.2, -0.15) is 0 Å². The Morgan fingerprint density at radius 3 is 2.26 bits per heavy atom. The number of aryl methyl sites for hydroxylation is 1. The molecule has 0 saturated heterocycles. The predicted molar refractivity (Wildman–Crippen MR) is 88.1 cm³/mol. The molecule has 5 heteroatoms. The van der Waals surface area contributed by atoms with Crippen molar-refractivity contribution < 1.29 is 9.53 Å². The van der Waals surface area contributed by atoms with Crippen LogP contribution in [-0.4, -0.2) is 22.2 Å². The zero-order valence-corrected chi connectivity index (χ0v) is 13.2. The lowest BCUT2D eigenvalue weighted by Crippen LogP contribution is -2.28. The van der Waals surface area contributed by atoms with Gasteiger partial charge in [-0.15, -0.1) is 0 Å². The number of rotatable bonds is 4. The fraction of sp³-hybridized carbons (Fsp3) is 0.222. The van der Waals surface area contributed by atoms with Crippen LogP contribution in [0.15, 0.2) is 48.5 Å². The molecule has 1 N–H and O–H groups in total. The van der Waals surface area contributed by atoms with Crippen molar-refractivity contribution in [1.82, 2.24) is 9.13 Å². The summed E-state index contributed by atoms with van der Waals surface area (Å²) >= 11 is 0. The molecule has 3 rings (SSSR count). The summed E-state index contributed by atoms with van der Waals surface area (Å²) in [6.45, 7) is 2.68. The Balaban J connectivity index is 2.09. The molecular formula is C18H19N3O2. The van der Waals surface area contributed by atoms with Gasteiger partial charge in [0.1, 0.15) is 6.54 Å². The minimum atomic E-state index is -0.360. The molecule has 0 aliphatic heterocycles. The largest absolute Gasteiger partial charge is 0.468 e. The fourth-order valence-corrected chi connectivity index (χ4v) is 2.68. The van der Waals surface area contributed by atoms with Crippen molar-refractivity contribution in [3.05, 3.63) is 65.3 Å². The number of ether oxygens (including phenoxy) is 1. The van der Waals surface area contributed by atoms with Gasteiger partial charge in [0.05, 0.1) is 24.7 Å². The third kappa shape index (κ3) is 2.90. The van der Waals surface area contributed by atoms with Crippen LogP contribution in [-0.2, 0) is 22.6 Å². The van der Waals surface area contributed by atoms with E-state index in [0.29, 0.717) is 6.54 Å². The van der Waals surface area contributed by atoms with Gasteiger partial charge in [0.15, 0.2) is 0 Å². The zero-order valence-electron chi connectivity index (χ0n) is 13.2. The Kier molecular flexibility index (Phi) is 4.02. The lowest BCUT2D eigenvalue weighted by atomic mass is 10.1. The van der Waals surface area contributed by atoms with Gasteiger partial charge >= 0.3 is 5.97 Å². The van der Waals surface area contributed by atoms with E-state index in [1.165, 1.54) is 12.7 Å². The average molecular weight is 309 g/mol. The first-order valence-electron chi connectivity index (χ1n) is 7.45. The van der Waals surface area contributed by atoms with E-state index in [9.17, 15) is 4.79 Å². The number of methoxy groups -OCH3 is 1. The van der Waals surface area contributed by atoms with Crippen molar-refractivity contribution >= 4 is 17.0 Å². The smallest absolute Gasteiger partial charge is 0.325 e. The summed E-state index contributed by atoms with van der Waals surface area (Å²) in [7, 11) is 1.36. The van der Waals surface area contributed by atoms with E-state index in [1.54, 1.807) is 4.57 Å². The maximum atomic E-state index is 11.6. The number of imidazole rings is 1. The number of fused-ring (bicyclic) bond motifs is 1. The molecule has 23 heavy (non-hydrogen) atoms. The number of benzene rings is 2. The summed E-state index contributed by atoms with van der Waals surface area (Å²) in [6.07, 6.45) is 0. The maximum absolute atomic E-state index is 11.6. The van der Waals surface area contributed by atoms with E-state index in [0.717, 1.165) is 16.6 Å². The van der Waals surface area contributed by atoms with E-state index in [1.807, 2.05) is 28.8 Å². The van der Waals surface area contributed by atoms with Gasteiger partial charge in [0.2, 0.25) is 5.62 Å². The average Bonchev–Trinajstić information content (AvgIpc) is 2.82. The summed E-state index contributed by atoms with van der Waals surface area (Å²) < 4.78 is 8.33. The molecular weight excluding hydrogens is 290 g/mol. The van der Waals surface area contributed by atoms with Gasteiger partial charge in [-0.05, 0) is 24.6 Å². The van der Waals surface area contributed by atoms with Crippen molar-refractivity contribution in [2.24, 2.45) is 0 Å². The molecule has 0 saturated carbocycles. The second-order valence-electron chi connectivity index (χ2n) is 5.55. The molecule has 0 aliphatic carbocycles. The molecule has 0 spiro atoms. The van der Waals surface area contributed by atoms with Crippen molar-refractivity contribution in [2.45, 2.75) is 20.0 Å². The van der Waals surface area contributed by atoms with E-state index in [-0.39, 0.29) is 18.1 Å². The summed E-state index contributed by atoms with van der Waals surface area (Å²) in [5, 5.41) is 8.45. The number of hydrogen-bond donors (Lipinski definition) is 1. The summed E-state index contributed by atoms with van der Waals surface area (Å²) in [5.74, 6) is -0.360. The normalized spacial score (nSPS) is 10.9. The number of esters is 1. The van der Waals surface area contributed by atoms with Crippen molar-refractivity contribution in [1.29, 1.82) is 5.41 Å². The topological polar surface area (TPSA) is 60.0 Å². The van der Waals surface area contributed by atoms with Crippen LogP contribution in [0.1, 0.15) is 11.1 Å². The third-order valence-corrected chi connectivity index (χ3v) is 3.95. The molecule has 0 aliphatic rings. The first-order valence-corrected chi connectivity index (χ1v) is 7.45. The number of nitrogens with zero attached hydrogens (tertiary/aromatic N) is 2. The second-order valence-corrected chi connectivity index (χ2v) is 5.55. The van der Waals surface area contributed by atoms with Crippen molar-refractivity contribution in [3.63, 3.8) is 0 Å². The first-order chi connectivity index (χ1) is 11.1. The highest BCUT2D eigenvalue weighted by molar-refractivity contribution is 5.78. The van der Waals surface area contributed by atoms with Gasteiger partial charge in [0, 0.05) is 0 Å². The molecule has 3 aromatic rings. The van der Waals surface area contributed by atoms with E-state index in [2.05, 4.69) is 31.2 Å². The van der Waals surface area contributed by atoms with Gasteiger partial charge in [-0.1, -0.05) is 42.0 Å². The lowest BCUT2D eigenvalue weighted by Gasteiger charge is -2.05. The Hall–Kier alpha value is -2.82. The van der Waals surface area contributed by atoms with E-state index < -0.39 is 0 Å². The first kappa shape index (κ1) is 15.1. The van der Waals surface area contributed by atoms with Crippen molar-refractivity contribution in [3.8, 4) is 0 Å². The van der Waals surface area contributed by atoms with Crippen LogP contribution in [0.2, 0.25) is 0 Å². The molecule has 0 radical (unpaired) electrons. The lowest BCUT2D eigenvalue weighted by molar-refractivity contribution is -0.141. The monoisotopic (exact) mass is 309 g/mol. The van der Waals surface area contributed by atoms with Gasteiger partial charge in [-0.3, -0.25) is 14.8 Å². The quantitative estimate of drug-likeness (QED) is 0.753. The Bertz CT molecular complexity index is 904. The SMILES string of the molecule is COC(=O)Cn1c(=N)n(Cc2ccc(C)cc2)c2ccccc21. The Morgan fingerprint density at radius 2 is 1.65 bits per heavy atom. The Morgan fingerprint density at radius 1 is 1.04 bits per heavy atom. The second kappa shape index (κ2) is 6.12. The molecule has 0 fully saturated rings. The van der Waals surface area contributed by atoms with Crippen LogP contribution >= 0.6 is 0 Å². The molecule has 0 amide bonds. The molecule has 0 unspecified atom stereocenters. The van der Waals surface area contributed by atoms with Crippen molar-refractivity contribution in [2.75, 3.05) is 7.11 Å². The van der Waals surface area contributed by atoms with E-state index in [4.69, 9.17) is 10.1 Å². The van der Waals surface area contributed by atoms with Crippen LogP contribution in [0.5, 0.6) is 0 Å². The van der Waals surface area contributed by atoms with Crippen LogP contribution in [0, 0.1) is 12.3 Å². The van der Waals surface area contributed by atoms with Crippen LogP contribution in [0.3, 0.4) is 0 Å². The molecule has 2 aromatic carbocycles. The summed E-state index contributed by atoms with van der Waals surface area (Å²) in [4.78, 5) is 11.6. The van der Waals surface area contributed by atoms with Crippen LogP contribution < -0.4 is 5.62 Å². The summed E-state index contributed by atoms with van der Waals surface area (Å²) in [5.41, 5.74) is 4.40. The molecule has 1 aromatic heterocycles. The molecule has 5 nitrogen and oxygen atoms in total. The minimum Gasteiger partial charge on any atom is -0.468 e. The van der Waals surface area contributed by atoms with Gasteiger partial charge < -0.3 is 9.30 Å². The molecule has 0 atom stereocenters. The molecule has 1 heterocycles. The van der Waals surface area contributed by atoms with Gasteiger partial charge in [0.25, 0.3) is 0 Å². The highest BCUT2D eigenvalue weighted by atomic mass is 16.5. The standard InChI is InChI=1S/C18H19N3O2/c1-13-7-9-14(10-8-13)11-20-15-5-3-4-6-16(15)21(18(20)19)12-17(22)23-2/h3-10,19H,11-12H2,1-2H3. The summed E-state index contributed by atoms with van der Waals surface area (Å²) in [6, 6.07) is 16.0. The Labute approximate surface area is 134 Å². The minimum absolute atomic E-state index is 0.0384. The number of para-hydroxylation sites is 2. The highest BCUT2D eigenvalue weighted by Crippen LogP contribution is 2.15. The molecule has 118 valence electrons. The van der Waals surface area contributed by atoms with Crippen LogP contribution in [0.25, 0.3) is 11.0 Å². The molecule has 0 bridgehead atoms. The zero-order chi connectivity index (χ0) is 16.4. The van der Waals surface area contributed by atoms with E-state index >= 15 is 0 Å². The third-order valence-electron chi connectivity index (χ3n) is 3.95. The predicted octanol–water partition coefficient (Wildman–Crippen LogP) is 2.45. The van der Waals surface area contributed by atoms with Gasteiger partial charge in [-0.25, -0.2) is 0 Å². The number of hydrogen-bond acceptors (Lipinski definition) is 3. The number of aromatic nitrogens is 2. The number of carbonyl (C=O) groups is 1. The number of carbonyl (C=O) groups excluding carboxylic acids is 1. The number of nitrogens with one attached hydrogen (secondary N) is 1. The highest BCUT2D eigenvalue weighted by Gasteiger charge is 2.13.